The van der Waals surface area contributed by atoms with Crippen LogP contribution in [-0.4, -0.2) is 17.5 Å². The third-order valence-corrected chi connectivity index (χ3v) is 4.30. The van der Waals surface area contributed by atoms with E-state index in [0.717, 1.165) is 24.2 Å². The lowest BCUT2D eigenvalue weighted by atomic mass is 10.0. The summed E-state index contributed by atoms with van der Waals surface area (Å²) in [5.41, 5.74) is 2.27. The van der Waals surface area contributed by atoms with Crippen molar-refractivity contribution in [3.05, 3.63) is 33.5 Å². The average Bonchev–Trinajstić information content (AvgIpc) is 2.29. The fourth-order valence-corrected chi connectivity index (χ4v) is 2.93. The number of hydrogen-bond donors (Lipinski definition) is 0. The molecule has 1 aromatic carbocycles. The van der Waals surface area contributed by atoms with Crippen molar-refractivity contribution in [1.29, 1.82) is 0 Å². The fourth-order valence-electron chi connectivity index (χ4n) is 2.47. The number of halogens is 2. The Morgan fingerprint density at radius 3 is 2.88 bits per heavy atom. The third kappa shape index (κ3) is 3.08. The summed E-state index contributed by atoms with van der Waals surface area (Å²) in [7, 11) is 0. The van der Waals surface area contributed by atoms with Crippen molar-refractivity contribution >= 4 is 15.9 Å². The molecule has 1 unspecified atom stereocenters. The Hall–Kier alpha value is -0.410. The molecular weight excluding hydrogens is 281 g/mol. The first kappa shape index (κ1) is 13.0. The molecule has 0 radical (unpaired) electrons. The van der Waals surface area contributed by atoms with Gasteiger partial charge in [0.25, 0.3) is 0 Å². The minimum atomic E-state index is -0.157. The topological polar surface area (TPSA) is 3.24 Å². The highest BCUT2D eigenvalue weighted by molar-refractivity contribution is 9.10. The molecule has 1 aromatic rings. The highest BCUT2D eigenvalue weighted by Crippen LogP contribution is 2.24. The third-order valence-electron chi connectivity index (χ3n) is 3.69. The van der Waals surface area contributed by atoms with Gasteiger partial charge in [-0.1, -0.05) is 6.42 Å². The van der Waals surface area contributed by atoms with Crippen LogP contribution in [0.15, 0.2) is 16.6 Å². The van der Waals surface area contributed by atoms with Crippen LogP contribution in [0.3, 0.4) is 0 Å². The zero-order valence-corrected chi connectivity index (χ0v) is 12.1. The van der Waals surface area contributed by atoms with Crippen molar-refractivity contribution in [3.8, 4) is 0 Å². The van der Waals surface area contributed by atoms with Crippen LogP contribution in [-0.2, 0) is 6.54 Å². The summed E-state index contributed by atoms with van der Waals surface area (Å²) < 4.78 is 14.1. The maximum atomic E-state index is 13.5. The molecule has 2 rings (SSSR count). The highest BCUT2D eigenvalue weighted by atomic mass is 79.9. The van der Waals surface area contributed by atoms with Crippen molar-refractivity contribution in [2.45, 2.75) is 45.7 Å². The molecule has 0 aliphatic carbocycles. The van der Waals surface area contributed by atoms with Crippen LogP contribution < -0.4 is 0 Å². The Kier molecular flexibility index (Phi) is 4.21. The van der Waals surface area contributed by atoms with E-state index in [1.165, 1.54) is 19.3 Å². The molecule has 1 nitrogen and oxygen atoms in total. The largest absolute Gasteiger partial charge is 0.296 e. The first-order valence-corrected chi connectivity index (χ1v) is 7.06. The molecule has 17 heavy (non-hydrogen) atoms. The zero-order valence-electron chi connectivity index (χ0n) is 10.5. The molecule has 1 atom stereocenters. The smallest absolute Gasteiger partial charge is 0.137 e. The van der Waals surface area contributed by atoms with Gasteiger partial charge in [0.1, 0.15) is 5.82 Å². The molecule has 94 valence electrons. The van der Waals surface area contributed by atoms with Gasteiger partial charge in [-0.05, 0) is 72.4 Å². The lowest BCUT2D eigenvalue weighted by Gasteiger charge is -2.33. The summed E-state index contributed by atoms with van der Waals surface area (Å²) in [6, 6.07) is 4.16. The monoisotopic (exact) mass is 299 g/mol. The molecule has 0 N–H and O–H groups in total. The van der Waals surface area contributed by atoms with E-state index >= 15 is 0 Å². The number of piperidine rings is 1. The molecular formula is C14H19BrFN. The molecule has 1 saturated heterocycles. The highest BCUT2D eigenvalue weighted by Gasteiger charge is 2.19. The Morgan fingerprint density at radius 2 is 2.18 bits per heavy atom. The van der Waals surface area contributed by atoms with Gasteiger partial charge in [-0.3, -0.25) is 4.90 Å². The van der Waals surface area contributed by atoms with Gasteiger partial charge in [-0.25, -0.2) is 4.39 Å². The standard InChI is InChI=1S/C14H19BrFN/c1-10-7-13(15)14(16)8-12(10)9-17-6-4-3-5-11(17)2/h7-8,11H,3-6,9H2,1-2H3. The normalized spacial score (nSPS) is 21.8. The van der Waals surface area contributed by atoms with Crippen LogP contribution in [0.5, 0.6) is 0 Å². The van der Waals surface area contributed by atoms with Crippen LogP contribution >= 0.6 is 15.9 Å². The van der Waals surface area contributed by atoms with E-state index in [1.807, 2.05) is 13.0 Å². The van der Waals surface area contributed by atoms with Crippen molar-refractivity contribution in [1.82, 2.24) is 4.90 Å². The van der Waals surface area contributed by atoms with Gasteiger partial charge in [-0.15, -0.1) is 0 Å². The molecule has 0 aromatic heterocycles. The van der Waals surface area contributed by atoms with Crippen molar-refractivity contribution in [3.63, 3.8) is 0 Å². The van der Waals surface area contributed by atoms with Crippen LogP contribution in [0.4, 0.5) is 4.39 Å². The lowest BCUT2D eigenvalue weighted by molar-refractivity contribution is 0.152. The van der Waals surface area contributed by atoms with Gasteiger partial charge in [0.05, 0.1) is 4.47 Å². The van der Waals surface area contributed by atoms with E-state index in [1.54, 1.807) is 6.07 Å². The first-order valence-electron chi connectivity index (χ1n) is 6.26. The van der Waals surface area contributed by atoms with Crippen molar-refractivity contribution in [2.24, 2.45) is 0 Å². The number of aryl methyl sites for hydroxylation is 1. The number of benzene rings is 1. The summed E-state index contributed by atoms with van der Waals surface area (Å²) in [4.78, 5) is 2.46. The maximum absolute atomic E-state index is 13.5. The SMILES string of the molecule is Cc1cc(Br)c(F)cc1CN1CCCCC1C. The van der Waals surface area contributed by atoms with Crippen LogP contribution in [0, 0.1) is 12.7 Å². The van der Waals surface area contributed by atoms with E-state index in [-0.39, 0.29) is 5.82 Å². The number of nitrogens with zero attached hydrogens (tertiary/aromatic N) is 1. The molecule has 1 heterocycles. The summed E-state index contributed by atoms with van der Waals surface area (Å²) >= 11 is 3.23. The maximum Gasteiger partial charge on any atom is 0.137 e. The predicted molar refractivity (Wildman–Crippen MR) is 72.6 cm³/mol. The molecule has 1 aliphatic heterocycles. The molecule has 0 amide bonds. The Labute approximate surface area is 111 Å². The Morgan fingerprint density at radius 1 is 1.41 bits per heavy atom. The Balaban J connectivity index is 2.15. The Bertz CT molecular complexity index is 405. The number of likely N-dealkylation sites (tertiary alicyclic amines) is 1. The zero-order chi connectivity index (χ0) is 12.4. The van der Waals surface area contributed by atoms with Crippen LogP contribution in [0.2, 0.25) is 0 Å². The van der Waals surface area contributed by atoms with Gasteiger partial charge < -0.3 is 0 Å². The van der Waals surface area contributed by atoms with Gasteiger partial charge in [0.2, 0.25) is 0 Å². The van der Waals surface area contributed by atoms with Crippen LogP contribution in [0.1, 0.15) is 37.3 Å². The summed E-state index contributed by atoms with van der Waals surface area (Å²) in [6.45, 7) is 6.33. The fraction of sp³-hybridized carbons (Fsp3) is 0.571. The minimum absolute atomic E-state index is 0.157. The molecule has 0 bridgehead atoms. The minimum Gasteiger partial charge on any atom is -0.296 e. The van der Waals surface area contributed by atoms with E-state index in [0.29, 0.717) is 10.5 Å². The second-order valence-corrected chi connectivity index (χ2v) is 5.86. The molecule has 0 saturated carbocycles. The van der Waals surface area contributed by atoms with E-state index in [9.17, 15) is 4.39 Å². The average molecular weight is 300 g/mol. The second kappa shape index (κ2) is 5.49. The molecule has 1 aliphatic rings. The summed E-state index contributed by atoms with van der Waals surface area (Å²) in [5, 5.41) is 0. The summed E-state index contributed by atoms with van der Waals surface area (Å²) in [5.74, 6) is -0.157. The van der Waals surface area contributed by atoms with Gasteiger partial charge in [0, 0.05) is 12.6 Å². The number of rotatable bonds is 2. The number of hydrogen-bond acceptors (Lipinski definition) is 1. The lowest BCUT2D eigenvalue weighted by Crippen LogP contribution is -2.36. The first-order chi connectivity index (χ1) is 8.08. The molecule has 0 spiro atoms. The van der Waals surface area contributed by atoms with E-state index in [2.05, 4.69) is 27.8 Å². The molecule has 1 fully saturated rings. The van der Waals surface area contributed by atoms with Crippen LogP contribution in [0.25, 0.3) is 0 Å². The van der Waals surface area contributed by atoms with E-state index in [4.69, 9.17) is 0 Å². The summed E-state index contributed by atoms with van der Waals surface area (Å²) in [6.07, 6.45) is 3.85. The second-order valence-electron chi connectivity index (χ2n) is 5.01. The molecule has 3 heteroatoms. The van der Waals surface area contributed by atoms with Gasteiger partial charge in [0.15, 0.2) is 0 Å². The van der Waals surface area contributed by atoms with E-state index < -0.39 is 0 Å². The quantitative estimate of drug-likeness (QED) is 0.788. The van der Waals surface area contributed by atoms with Crippen molar-refractivity contribution < 1.29 is 4.39 Å². The van der Waals surface area contributed by atoms with Crippen molar-refractivity contribution in [2.75, 3.05) is 6.54 Å². The van der Waals surface area contributed by atoms with Gasteiger partial charge >= 0.3 is 0 Å². The van der Waals surface area contributed by atoms with Gasteiger partial charge in [-0.2, -0.15) is 0 Å². The predicted octanol–water partition coefficient (Wildman–Crippen LogP) is 4.27.